The number of hydrogen-bond acceptors (Lipinski definition) is 4. The van der Waals surface area contributed by atoms with Gasteiger partial charge in [-0.1, -0.05) is 37.6 Å². The van der Waals surface area contributed by atoms with Gasteiger partial charge >= 0.3 is 0 Å². The van der Waals surface area contributed by atoms with E-state index in [9.17, 15) is 0 Å². The smallest absolute Gasteiger partial charge is 0.119 e. The topological polar surface area (TPSA) is 59.3 Å². The normalized spacial score (nSPS) is 20.6. The van der Waals surface area contributed by atoms with E-state index in [0.29, 0.717) is 6.04 Å². The molecule has 0 aromatic heterocycles. The second kappa shape index (κ2) is 7.49. The second-order valence-corrected chi connectivity index (χ2v) is 6.07. The molecule has 2 aromatic rings. The molecule has 23 heavy (non-hydrogen) atoms. The van der Waals surface area contributed by atoms with E-state index >= 15 is 0 Å². The van der Waals surface area contributed by atoms with E-state index in [-0.39, 0.29) is 6.04 Å². The van der Waals surface area contributed by atoms with Gasteiger partial charge in [0.2, 0.25) is 0 Å². The maximum atomic E-state index is 5.81. The number of nitrogens with one attached hydrogen (secondary N) is 2. The van der Waals surface area contributed by atoms with Gasteiger partial charge in [0.1, 0.15) is 5.75 Å². The van der Waals surface area contributed by atoms with Crippen molar-refractivity contribution in [2.75, 3.05) is 12.3 Å². The van der Waals surface area contributed by atoms with Crippen molar-refractivity contribution in [1.29, 1.82) is 0 Å². The van der Waals surface area contributed by atoms with Crippen LogP contribution in [0.1, 0.15) is 49.4 Å². The van der Waals surface area contributed by atoms with E-state index in [1.807, 2.05) is 18.2 Å². The number of rotatable bonds is 6. The largest absolute Gasteiger partial charge is 0.494 e. The van der Waals surface area contributed by atoms with E-state index in [4.69, 9.17) is 10.5 Å². The quantitative estimate of drug-likeness (QED) is 0.562. The highest BCUT2D eigenvalue weighted by atomic mass is 16.5. The van der Waals surface area contributed by atoms with Crippen LogP contribution in [0.25, 0.3) is 0 Å². The van der Waals surface area contributed by atoms with Crippen molar-refractivity contribution in [3.05, 3.63) is 59.7 Å². The Morgan fingerprint density at radius 3 is 2.52 bits per heavy atom. The van der Waals surface area contributed by atoms with E-state index in [2.05, 4.69) is 48.1 Å². The highest BCUT2D eigenvalue weighted by Gasteiger charge is 2.26. The Bertz CT molecular complexity index is 627. The molecule has 3 rings (SSSR count). The molecule has 1 saturated heterocycles. The molecular weight excluding hydrogens is 286 g/mol. The van der Waals surface area contributed by atoms with Crippen LogP contribution in [0.4, 0.5) is 5.69 Å². The van der Waals surface area contributed by atoms with Crippen LogP contribution in [-0.4, -0.2) is 6.61 Å². The minimum atomic E-state index is 0.285. The van der Waals surface area contributed by atoms with Crippen LogP contribution in [0.15, 0.2) is 48.5 Å². The molecule has 4 N–H and O–H groups in total. The van der Waals surface area contributed by atoms with Crippen LogP contribution in [0, 0.1) is 0 Å². The third kappa shape index (κ3) is 4.03. The first-order valence-corrected chi connectivity index (χ1v) is 8.35. The summed E-state index contributed by atoms with van der Waals surface area (Å²) in [6, 6.07) is 17.0. The summed E-state index contributed by atoms with van der Waals surface area (Å²) in [5, 5.41) is 0. The molecule has 2 unspecified atom stereocenters. The maximum absolute atomic E-state index is 5.81. The van der Waals surface area contributed by atoms with Gasteiger partial charge in [-0.15, -0.1) is 0 Å². The van der Waals surface area contributed by atoms with E-state index < -0.39 is 0 Å². The molecule has 1 aliphatic rings. The minimum Gasteiger partial charge on any atom is -0.494 e. The van der Waals surface area contributed by atoms with Crippen LogP contribution in [0.5, 0.6) is 5.75 Å². The number of anilines is 1. The van der Waals surface area contributed by atoms with Crippen molar-refractivity contribution >= 4 is 5.69 Å². The number of nitrogens with two attached hydrogens (primary N) is 1. The third-order valence-corrected chi connectivity index (χ3v) is 4.27. The van der Waals surface area contributed by atoms with Gasteiger partial charge in [0.25, 0.3) is 0 Å². The summed E-state index contributed by atoms with van der Waals surface area (Å²) in [7, 11) is 0. The van der Waals surface area contributed by atoms with E-state index in [1.54, 1.807) is 0 Å². The molecule has 4 heteroatoms. The monoisotopic (exact) mass is 311 g/mol. The van der Waals surface area contributed by atoms with Crippen molar-refractivity contribution in [3.8, 4) is 5.75 Å². The number of unbranched alkanes of at least 4 members (excludes halogenated alkanes) is 1. The number of hydrogen-bond donors (Lipinski definition) is 3. The second-order valence-electron chi connectivity index (χ2n) is 6.07. The highest BCUT2D eigenvalue weighted by molar-refractivity contribution is 5.40. The van der Waals surface area contributed by atoms with Crippen LogP contribution in [0.2, 0.25) is 0 Å². The standard InChI is InChI=1S/C19H25N3O/c1-2-3-11-23-17-6-4-5-15(12-17)19-13-18(21-22-19)14-7-9-16(20)10-8-14/h4-10,12,18-19,21-22H,2-3,11,13,20H2,1H3. The molecular formula is C19H25N3O. The first-order valence-electron chi connectivity index (χ1n) is 8.35. The SMILES string of the molecule is CCCCOc1cccc(C2CC(c3ccc(N)cc3)NN2)c1. The van der Waals surface area contributed by atoms with Gasteiger partial charge in [-0.2, -0.15) is 0 Å². The Morgan fingerprint density at radius 2 is 1.78 bits per heavy atom. The molecule has 0 aliphatic carbocycles. The van der Waals surface area contributed by atoms with Gasteiger partial charge in [0.15, 0.2) is 0 Å². The predicted molar refractivity (Wildman–Crippen MR) is 94.1 cm³/mol. The number of nitrogen functional groups attached to an aromatic ring is 1. The number of hydrazine groups is 1. The summed E-state index contributed by atoms with van der Waals surface area (Å²) in [5.41, 5.74) is 15.8. The molecule has 122 valence electrons. The average molecular weight is 311 g/mol. The zero-order valence-electron chi connectivity index (χ0n) is 13.6. The van der Waals surface area contributed by atoms with Gasteiger partial charge in [0, 0.05) is 17.8 Å². The van der Waals surface area contributed by atoms with Crippen molar-refractivity contribution in [2.24, 2.45) is 0 Å². The number of ether oxygens (including phenoxy) is 1. The molecule has 0 radical (unpaired) electrons. The van der Waals surface area contributed by atoms with Gasteiger partial charge in [-0.25, -0.2) is 10.9 Å². The highest BCUT2D eigenvalue weighted by Crippen LogP contribution is 2.32. The fraction of sp³-hybridized carbons (Fsp3) is 0.368. The van der Waals surface area contributed by atoms with E-state index in [1.165, 1.54) is 11.1 Å². The average Bonchev–Trinajstić information content (AvgIpc) is 3.06. The summed E-state index contributed by atoms with van der Waals surface area (Å²) in [4.78, 5) is 0. The Kier molecular flexibility index (Phi) is 5.16. The lowest BCUT2D eigenvalue weighted by Crippen LogP contribution is -2.26. The zero-order valence-corrected chi connectivity index (χ0v) is 13.6. The van der Waals surface area contributed by atoms with Crippen molar-refractivity contribution < 1.29 is 4.74 Å². The summed E-state index contributed by atoms with van der Waals surface area (Å²) < 4.78 is 5.81. The lowest BCUT2D eigenvalue weighted by Gasteiger charge is -2.12. The van der Waals surface area contributed by atoms with Crippen LogP contribution < -0.4 is 21.3 Å². The Balaban J connectivity index is 1.64. The molecule has 1 heterocycles. The lowest BCUT2D eigenvalue weighted by molar-refractivity contribution is 0.309. The van der Waals surface area contributed by atoms with Crippen molar-refractivity contribution in [2.45, 2.75) is 38.3 Å². The molecule has 2 aromatic carbocycles. The number of benzene rings is 2. The summed E-state index contributed by atoms with van der Waals surface area (Å²) in [5.74, 6) is 0.952. The van der Waals surface area contributed by atoms with Crippen molar-refractivity contribution in [3.63, 3.8) is 0 Å². The fourth-order valence-corrected chi connectivity index (χ4v) is 2.88. The first kappa shape index (κ1) is 15.8. The Hall–Kier alpha value is -2.04. The molecule has 0 amide bonds. The summed E-state index contributed by atoms with van der Waals surface area (Å²) in [6.45, 7) is 2.95. The molecule has 4 nitrogen and oxygen atoms in total. The molecule has 0 spiro atoms. The lowest BCUT2D eigenvalue weighted by atomic mass is 9.97. The molecule has 1 aliphatic heterocycles. The van der Waals surface area contributed by atoms with Crippen LogP contribution in [0.3, 0.4) is 0 Å². The molecule has 0 saturated carbocycles. The van der Waals surface area contributed by atoms with Crippen molar-refractivity contribution in [1.82, 2.24) is 10.9 Å². The minimum absolute atomic E-state index is 0.285. The zero-order chi connectivity index (χ0) is 16.1. The van der Waals surface area contributed by atoms with Crippen LogP contribution >= 0.6 is 0 Å². The van der Waals surface area contributed by atoms with Gasteiger partial charge in [-0.05, 0) is 48.2 Å². The molecule has 2 atom stereocenters. The van der Waals surface area contributed by atoms with E-state index in [0.717, 1.165) is 37.3 Å². The summed E-state index contributed by atoms with van der Waals surface area (Å²) >= 11 is 0. The predicted octanol–water partition coefficient (Wildman–Crippen LogP) is 3.73. The van der Waals surface area contributed by atoms with Gasteiger partial charge in [-0.3, -0.25) is 0 Å². The molecule has 0 bridgehead atoms. The molecule has 1 fully saturated rings. The Labute approximate surface area is 138 Å². The third-order valence-electron chi connectivity index (χ3n) is 4.27. The summed E-state index contributed by atoms with van der Waals surface area (Å²) in [6.07, 6.45) is 3.24. The fourth-order valence-electron chi connectivity index (χ4n) is 2.88. The van der Waals surface area contributed by atoms with Gasteiger partial charge < -0.3 is 10.5 Å². The van der Waals surface area contributed by atoms with Crippen LogP contribution in [-0.2, 0) is 0 Å². The maximum Gasteiger partial charge on any atom is 0.119 e. The Morgan fingerprint density at radius 1 is 1.04 bits per heavy atom. The van der Waals surface area contributed by atoms with Gasteiger partial charge in [0.05, 0.1) is 6.61 Å². The first-order chi connectivity index (χ1) is 11.3.